The minimum Gasteiger partial charge on any atom is -0.496 e. The van der Waals surface area contributed by atoms with Gasteiger partial charge in [0.25, 0.3) is 5.91 Å². The van der Waals surface area contributed by atoms with Crippen LogP contribution in [-0.2, 0) is 16.1 Å². The molecule has 1 unspecified atom stereocenters. The van der Waals surface area contributed by atoms with Gasteiger partial charge in [0.2, 0.25) is 12.3 Å². The van der Waals surface area contributed by atoms with Crippen molar-refractivity contribution in [1.82, 2.24) is 5.32 Å². The van der Waals surface area contributed by atoms with E-state index in [2.05, 4.69) is 21.2 Å². The maximum absolute atomic E-state index is 13.3. The number of carbonyl (C=O) groups excluding carboxylic acids is 2. The predicted molar refractivity (Wildman–Crippen MR) is 130 cm³/mol. The summed E-state index contributed by atoms with van der Waals surface area (Å²) in [6.45, 7) is 0.447. The van der Waals surface area contributed by atoms with Crippen LogP contribution in [0.5, 0.6) is 5.75 Å². The van der Waals surface area contributed by atoms with E-state index in [1.807, 2.05) is 66.1 Å². The number of nitrogens with zero attached hydrogens (tertiary/aromatic N) is 1. The summed E-state index contributed by atoms with van der Waals surface area (Å²) in [4.78, 5) is 27.6. The minimum atomic E-state index is -0.186. The van der Waals surface area contributed by atoms with Crippen molar-refractivity contribution in [3.63, 3.8) is 0 Å². The topological polar surface area (TPSA) is 58.4 Å². The van der Waals surface area contributed by atoms with E-state index in [9.17, 15) is 9.59 Å². The summed E-state index contributed by atoms with van der Waals surface area (Å²) in [7, 11) is 1.61. The van der Waals surface area contributed by atoms with E-state index in [1.165, 1.54) is 11.8 Å². The summed E-state index contributed by atoms with van der Waals surface area (Å²) in [5.74, 6) is 0.369. The molecule has 0 radical (unpaired) electrons. The van der Waals surface area contributed by atoms with Crippen molar-refractivity contribution in [2.75, 3.05) is 13.7 Å². The summed E-state index contributed by atoms with van der Waals surface area (Å²) in [6, 6.07) is 9.59. The van der Waals surface area contributed by atoms with Gasteiger partial charge < -0.3 is 10.1 Å². The average Bonchev–Trinajstić information content (AvgIpc) is 3.29. The second-order valence-corrected chi connectivity index (χ2v) is 9.93. The van der Waals surface area contributed by atoms with Gasteiger partial charge in [0.05, 0.1) is 18.1 Å². The van der Waals surface area contributed by atoms with Gasteiger partial charge in [-0.1, -0.05) is 42.1 Å². The van der Waals surface area contributed by atoms with Gasteiger partial charge in [-0.05, 0) is 51.1 Å². The Morgan fingerprint density at radius 1 is 1.32 bits per heavy atom. The fourth-order valence-corrected chi connectivity index (χ4v) is 5.66. The number of nitrogens with one attached hydrogen (secondary N) is 1. The summed E-state index contributed by atoms with van der Waals surface area (Å²) < 4.78 is 7.67. The highest BCUT2D eigenvalue weighted by Gasteiger charge is 2.39. The van der Waals surface area contributed by atoms with Crippen LogP contribution in [0.25, 0.3) is 6.08 Å². The van der Waals surface area contributed by atoms with Gasteiger partial charge in [0.15, 0.2) is 0 Å². The van der Waals surface area contributed by atoms with Crippen molar-refractivity contribution in [3.05, 3.63) is 79.8 Å². The molecule has 2 amide bonds. The zero-order valence-corrected chi connectivity index (χ0v) is 19.9. The molecule has 1 aliphatic heterocycles. The highest BCUT2D eigenvalue weighted by molar-refractivity contribution is 9.10. The largest absolute Gasteiger partial charge is 0.496 e. The van der Waals surface area contributed by atoms with Crippen LogP contribution in [0.1, 0.15) is 10.4 Å². The lowest BCUT2D eigenvalue weighted by atomic mass is 10.1. The lowest BCUT2D eigenvalue weighted by Gasteiger charge is -2.20. The van der Waals surface area contributed by atoms with E-state index in [4.69, 9.17) is 4.74 Å². The number of amides is 2. The predicted octanol–water partition coefficient (Wildman–Crippen LogP) is 4.40. The quantitative estimate of drug-likeness (QED) is 0.457. The zero-order valence-electron chi connectivity index (χ0n) is 16.7. The lowest BCUT2D eigenvalue weighted by molar-refractivity contribution is -0.434. The van der Waals surface area contributed by atoms with E-state index in [0.717, 1.165) is 26.4 Å². The molecule has 0 saturated heterocycles. The van der Waals surface area contributed by atoms with Gasteiger partial charge in [-0.3, -0.25) is 4.79 Å². The molecule has 1 N–H and O–H groups in total. The van der Waals surface area contributed by atoms with Crippen molar-refractivity contribution in [2.24, 2.45) is 0 Å². The SMILES string of the molecule is COc1ccc(/C=C2/SC3C=CC=CC3=[N+](CC(=O)NCc3cccs3)C2=O)cc1Br. The van der Waals surface area contributed by atoms with E-state index in [-0.39, 0.29) is 23.6 Å². The molecule has 5 nitrogen and oxygen atoms in total. The van der Waals surface area contributed by atoms with Crippen LogP contribution in [0.3, 0.4) is 0 Å². The highest BCUT2D eigenvalue weighted by atomic mass is 79.9. The van der Waals surface area contributed by atoms with Crippen molar-refractivity contribution in [2.45, 2.75) is 11.8 Å². The molecule has 1 aromatic carbocycles. The molecule has 8 heteroatoms. The van der Waals surface area contributed by atoms with Crippen molar-refractivity contribution >= 4 is 62.6 Å². The van der Waals surface area contributed by atoms with E-state index >= 15 is 0 Å². The molecule has 1 aromatic heterocycles. The van der Waals surface area contributed by atoms with E-state index in [1.54, 1.807) is 23.0 Å². The Bertz CT molecular complexity index is 1130. The van der Waals surface area contributed by atoms with Crippen LogP contribution >= 0.6 is 39.0 Å². The Kier molecular flexibility index (Phi) is 6.89. The number of methoxy groups -OCH3 is 1. The first kappa shape index (κ1) is 21.8. The molecule has 158 valence electrons. The van der Waals surface area contributed by atoms with Crippen LogP contribution < -0.4 is 10.1 Å². The van der Waals surface area contributed by atoms with E-state index < -0.39 is 0 Å². The standard InChI is InChI=1S/C23H19BrN2O3S2/c1-29-19-9-8-15(11-17(19)24)12-21-23(28)26(18-6-2-3-7-20(18)31-21)14-22(27)25-13-16-5-4-10-30-16/h2-12,20H,13-14H2,1H3/p+1/b21-12+. The first-order valence-corrected chi connectivity index (χ1v) is 12.1. The van der Waals surface area contributed by atoms with Crippen LogP contribution in [0.2, 0.25) is 0 Å². The molecule has 2 heterocycles. The number of allylic oxidation sites excluding steroid dienone is 3. The third kappa shape index (κ3) is 5.08. The van der Waals surface area contributed by atoms with Crippen LogP contribution in [-0.4, -0.2) is 41.0 Å². The number of hydrogen-bond donors (Lipinski definition) is 1. The van der Waals surface area contributed by atoms with Crippen molar-refractivity contribution < 1.29 is 18.9 Å². The first-order valence-electron chi connectivity index (χ1n) is 9.59. The van der Waals surface area contributed by atoms with Crippen LogP contribution in [0.15, 0.2) is 69.4 Å². The number of fused-ring (bicyclic) bond motifs is 1. The molecule has 0 spiro atoms. The molecule has 0 bridgehead atoms. The fourth-order valence-electron chi connectivity index (χ4n) is 3.27. The molecule has 4 rings (SSSR count). The third-order valence-electron chi connectivity index (χ3n) is 4.79. The number of carbonyl (C=O) groups is 2. The first-order chi connectivity index (χ1) is 15.0. The second-order valence-electron chi connectivity index (χ2n) is 6.86. The number of thioether (sulfide) groups is 1. The van der Waals surface area contributed by atoms with Gasteiger partial charge in [0.1, 0.15) is 15.9 Å². The van der Waals surface area contributed by atoms with E-state index in [0.29, 0.717) is 11.4 Å². The van der Waals surface area contributed by atoms with Crippen LogP contribution in [0, 0.1) is 0 Å². The average molecular weight is 516 g/mol. The molecule has 1 aliphatic carbocycles. The van der Waals surface area contributed by atoms with Gasteiger partial charge in [-0.25, -0.2) is 4.79 Å². The minimum absolute atomic E-state index is 0.0132. The molecule has 2 aromatic rings. The lowest BCUT2D eigenvalue weighted by Crippen LogP contribution is -2.43. The Hall–Kier alpha value is -2.42. The second kappa shape index (κ2) is 9.80. The zero-order chi connectivity index (χ0) is 21.8. The Morgan fingerprint density at radius 2 is 2.19 bits per heavy atom. The molecule has 0 fully saturated rings. The number of benzene rings is 1. The van der Waals surface area contributed by atoms with Gasteiger partial charge in [-0.2, -0.15) is 0 Å². The van der Waals surface area contributed by atoms with Gasteiger partial charge >= 0.3 is 5.91 Å². The van der Waals surface area contributed by atoms with Gasteiger partial charge in [0, 0.05) is 11.0 Å². The van der Waals surface area contributed by atoms with Crippen LogP contribution in [0.4, 0.5) is 0 Å². The molecular formula is C23H20BrN2O3S2+. The maximum atomic E-state index is 13.3. The fraction of sp³-hybridized carbons (Fsp3) is 0.174. The number of thiophene rings is 1. The molecule has 1 atom stereocenters. The molecule has 2 aliphatic rings. The summed E-state index contributed by atoms with van der Waals surface area (Å²) in [5, 5.41) is 4.87. The monoisotopic (exact) mass is 515 g/mol. The third-order valence-corrected chi connectivity index (χ3v) is 7.49. The highest BCUT2D eigenvalue weighted by Crippen LogP contribution is 2.34. The Morgan fingerprint density at radius 3 is 2.94 bits per heavy atom. The van der Waals surface area contributed by atoms with Crippen molar-refractivity contribution in [1.29, 1.82) is 0 Å². The van der Waals surface area contributed by atoms with Gasteiger partial charge in [-0.15, -0.1) is 15.9 Å². The number of rotatable bonds is 6. The smallest absolute Gasteiger partial charge is 0.426 e. The normalized spacial score (nSPS) is 19.0. The molecular weight excluding hydrogens is 496 g/mol. The van der Waals surface area contributed by atoms with Crippen molar-refractivity contribution in [3.8, 4) is 5.75 Å². The summed E-state index contributed by atoms with van der Waals surface area (Å²) in [6.07, 6.45) is 9.67. The number of halogens is 1. The Balaban J connectivity index is 1.58. The number of ether oxygens (including phenoxy) is 1. The number of hydrogen-bond acceptors (Lipinski definition) is 5. The molecule has 0 saturated carbocycles. The summed E-state index contributed by atoms with van der Waals surface area (Å²) in [5.41, 5.74) is 1.71. The maximum Gasteiger partial charge on any atom is 0.426 e. The Labute approximate surface area is 197 Å². The molecule has 31 heavy (non-hydrogen) atoms. The summed E-state index contributed by atoms with van der Waals surface area (Å²) >= 11 is 6.57.